The molecule has 1 amide bonds. The van der Waals surface area contributed by atoms with Gasteiger partial charge in [-0.2, -0.15) is 0 Å². The molecule has 0 saturated heterocycles. The Morgan fingerprint density at radius 3 is 2.54 bits per heavy atom. The Morgan fingerprint density at radius 1 is 1.25 bits per heavy atom. The Bertz CT molecular complexity index is 684. The van der Waals surface area contributed by atoms with Crippen LogP contribution < -0.4 is 15.4 Å². The monoisotopic (exact) mass is 328 g/mol. The van der Waals surface area contributed by atoms with Crippen molar-refractivity contribution in [3.63, 3.8) is 0 Å². The Kier molecular flexibility index (Phi) is 6.12. The first-order valence-electron chi connectivity index (χ1n) is 7.98. The highest BCUT2D eigenvalue weighted by Gasteiger charge is 2.11. The molecule has 0 aliphatic rings. The van der Waals surface area contributed by atoms with Gasteiger partial charge in [0.1, 0.15) is 5.75 Å². The fraction of sp³-hybridized carbons (Fsp3) is 0.389. The minimum Gasteiger partial charge on any atom is -0.497 e. The summed E-state index contributed by atoms with van der Waals surface area (Å²) in [5.41, 5.74) is 2.25. The molecule has 6 nitrogen and oxygen atoms in total. The number of amides is 1. The lowest BCUT2D eigenvalue weighted by Gasteiger charge is -2.10. The number of aromatic nitrogens is 2. The standard InChI is InChI=1S/C18H24N4O2/c1-12(2)9-19-17(23)16-11-21-18(22-13(16)3)20-10-14-5-7-15(24-4)8-6-14/h5-8,11-12H,9-10H2,1-4H3,(H,19,23)(H,20,21,22). The largest absolute Gasteiger partial charge is 0.497 e. The first kappa shape index (κ1) is 17.7. The van der Waals surface area contributed by atoms with Gasteiger partial charge in [-0.05, 0) is 30.5 Å². The molecular formula is C18H24N4O2. The molecule has 1 aromatic carbocycles. The fourth-order valence-electron chi connectivity index (χ4n) is 2.09. The Balaban J connectivity index is 1.97. The Labute approximate surface area is 142 Å². The summed E-state index contributed by atoms with van der Waals surface area (Å²) in [7, 11) is 1.64. The number of nitrogens with one attached hydrogen (secondary N) is 2. The molecule has 0 atom stereocenters. The van der Waals surface area contributed by atoms with Crippen molar-refractivity contribution in [3.05, 3.63) is 47.3 Å². The molecule has 1 aromatic heterocycles. The predicted octanol–water partition coefficient (Wildman–Crippen LogP) is 2.79. The third-order valence-corrected chi connectivity index (χ3v) is 3.50. The molecule has 2 rings (SSSR count). The first-order chi connectivity index (χ1) is 11.5. The topological polar surface area (TPSA) is 76.1 Å². The zero-order chi connectivity index (χ0) is 17.5. The van der Waals surface area contributed by atoms with Crippen LogP contribution in [0.25, 0.3) is 0 Å². The van der Waals surface area contributed by atoms with E-state index in [1.54, 1.807) is 13.3 Å². The lowest BCUT2D eigenvalue weighted by atomic mass is 10.2. The average molecular weight is 328 g/mol. The SMILES string of the molecule is COc1ccc(CNc2ncc(C(=O)NCC(C)C)c(C)n2)cc1. The van der Waals surface area contributed by atoms with Crippen LogP contribution >= 0.6 is 0 Å². The smallest absolute Gasteiger partial charge is 0.254 e. The van der Waals surface area contributed by atoms with Crippen LogP contribution in [0, 0.1) is 12.8 Å². The lowest BCUT2D eigenvalue weighted by Crippen LogP contribution is -2.28. The zero-order valence-electron chi connectivity index (χ0n) is 14.6. The number of anilines is 1. The summed E-state index contributed by atoms with van der Waals surface area (Å²) in [6, 6.07) is 7.77. The molecule has 0 fully saturated rings. The molecule has 0 aliphatic heterocycles. The molecule has 0 unspecified atom stereocenters. The normalized spacial score (nSPS) is 10.5. The molecule has 2 aromatic rings. The molecule has 0 aliphatic carbocycles. The van der Waals surface area contributed by atoms with Gasteiger partial charge in [-0.3, -0.25) is 4.79 Å². The maximum absolute atomic E-state index is 12.1. The number of nitrogens with zero attached hydrogens (tertiary/aromatic N) is 2. The second-order valence-electron chi connectivity index (χ2n) is 6.00. The first-order valence-corrected chi connectivity index (χ1v) is 7.98. The van der Waals surface area contributed by atoms with Gasteiger partial charge in [0.25, 0.3) is 5.91 Å². The van der Waals surface area contributed by atoms with Gasteiger partial charge in [0, 0.05) is 19.3 Å². The summed E-state index contributed by atoms with van der Waals surface area (Å²) >= 11 is 0. The van der Waals surface area contributed by atoms with Crippen LogP contribution in [0.5, 0.6) is 5.75 Å². The van der Waals surface area contributed by atoms with Crippen molar-refractivity contribution in [2.75, 3.05) is 19.0 Å². The van der Waals surface area contributed by atoms with Crippen LogP contribution in [0.2, 0.25) is 0 Å². The van der Waals surface area contributed by atoms with E-state index in [1.807, 2.05) is 31.2 Å². The molecule has 2 N–H and O–H groups in total. The van der Waals surface area contributed by atoms with E-state index in [0.717, 1.165) is 11.3 Å². The summed E-state index contributed by atoms with van der Waals surface area (Å²) in [4.78, 5) is 20.7. The minimum absolute atomic E-state index is 0.136. The van der Waals surface area contributed by atoms with E-state index in [4.69, 9.17) is 4.74 Å². The van der Waals surface area contributed by atoms with E-state index in [0.29, 0.717) is 36.2 Å². The highest BCUT2D eigenvalue weighted by atomic mass is 16.5. The predicted molar refractivity (Wildman–Crippen MR) is 94.3 cm³/mol. The van der Waals surface area contributed by atoms with E-state index in [1.165, 1.54) is 0 Å². The molecule has 24 heavy (non-hydrogen) atoms. The van der Waals surface area contributed by atoms with Gasteiger partial charge >= 0.3 is 0 Å². The summed E-state index contributed by atoms with van der Waals surface area (Å²) < 4.78 is 5.13. The van der Waals surface area contributed by atoms with Gasteiger partial charge < -0.3 is 15.4 Å². The molecule has 0 bridgehead atoms. The highest BCUT2D eigenvalue weighted by molar-refractivity contribution is 5.94. The summed E-state index contributed by atoms with van der Waals surface area (Å²) in [6.45, 7) is 7.15. The fourth-order valence-corrected chi connectivity index (χ4v) is 2.09. The van der Waals surface area contributed by atoms with Crippen molar-refractivity contribution in [2.24, 2.45) is 5.92 Å². The summed E-state index contributed by atoms with van der Waals surface area (Å²) in [6.07, 6.45) is 1.56. The number of methoxy groups -OCH3 is 1. The van der Waals surface area contributed by atoms with Crippen molar-refractivity contribution < 1.29 is 9.53 Å². The maximum Gasteiger partial charge on any atom is 0.254 e. The van der Waals surface area contributed by atoms with Gasteiger partial charge in [0.15, 0.2) is 0 Å². The van der Waals surface area contributed by atoms with Gasteiger partial charge in [0.2, 0.25) is 5.95 Å². The van der Waals surface area contributed by atoms with E-state index >= 15 is 0 Å². The number of hydrogen-bond donors (Lipinski definition) is 2. The van der Waals surface area contributed by atoms with Crippen LogP contribution in [0.4, 0.5) is 5.95 Å². The van der Waals surface area contributed by atoms with E-state index in [9.17, 15) is 4.79 Å². The second kappa shape index (κ2) is 8.29. The van der Waals surface area contributed by atoms with Crippen LogP contribution in [-0.2, 0) is 6.54 Å². The van der Waals surface area contributed by atoms with Crippen LogP contribution in [0.15, 0.2) is 30.5 Å². The van der Waals surface area contributed by atoms with Gasteiger partial charge in [-0.1, -0.05) is 26.0 Å². The molecule has 0 spiro atoms. The van der Waals surface area contributed by atoms with Crippen molar-refractivity contribution in [1.29, 1.82) is 0 Å². The molecule has 0 radical (unpaired) electrons. The quantitative estimate of drug-likeness (QED) is 0.817. The number of carbonyl (C=O) groups is 1. The number of hydrogen-bond acceptors (Lipinski definition) is 5. The van der Waals surface area contributed by atoms with Gasteiger partial charge in [-0.15, -0.1) is 0 Å². The Hall–Kier alpha value is -2.63. The van der Waals surface area contributed by atoms with Crippen molar-refractivity contribution in [1.82, 2.24) is 15.3 Å². The van der Waals surface area contributed by atoms with Crippen molar-refractivity contribution >= 4 is 11.9 Å². The molecular weight excluding hydrogens is 304 g/mol. The number of benzene rings is 1. The van der Waals surface area contributed by atoms with E-state index in [2.05, 4.69) is 34.4 Å². The van der Waals surface area contributed by atoms with Gasteiger partial charge in [0.05, 0.1) is 18.4 Å². The average Bonchev–Trinajstić information content (AvgIpc) is 2.58. The van der Waals surface area contributed by atoms with Crippen LogP contribution in [-0.4, -0.2) is 29.5 Å². The highest BCUT2D eigenvalue weighted by Crippen LogP contribution is 2.13. The second-order valence-corrected chi connectivity index (χ2v) is 6.00. The van der Waals surface area contributed by atoms with Gasteiger partial charge in [-0.25, -0.2) is 9.97 Å². The van der Waals surface area contributed by atoms with E-state index in [-0.39, 0.29) is 5.91 Å². The van der Waals surface area contributed by atoms with Crippen LogP contribution in [0.3, 0.4) is 0 Å². The Morgan fingerprint density at radius 2 is 1.96 bits per heavy atom. The molecule has 6 heteroatoms. The van der Waals surface area contributed by atoms with Crippen molar-refractivity contribution in [2.45, 2.75) is 27.3 Å². The molecule has 0 saturated carbocycles. The van der Waals surface area contributed by atoms with Crippen LogP contribution in [0.1, 0.15) is 35.5 Å². The van der Waals surface area contributed by atoms with Crippen molar-refractivity contribution in [3.8, 4) is 5.75 Å². The molecule has 1 heterocycles. The zero-order valence-corrected chi connectivity index (χ0v) is 14.6. The summed E-state index contributed by atoms with van der Waals surface area (Å²) in [5, 5.41) is 6.04. The number of carbonyl (C=O) groups excluding carboxylic acids is 1. The summed E-state index contributed by atoms with van der Waals surface area (Å²) in [5.74, 6) is 1.59. The van der Waals surface area contributed by atoms with E-state index < -0.39 is 0 Å². The molecule has 128 valence electrons. The number of rotatable bonds is 7. The lowest BCUT2D eigenvalue weighted by molar-refractivity contribution is 0.0947. The number of aryl methyl sites for hydroxylation is 1. The third-order valence-electron chi connectivity index (χ3n) is 3.50. The minimum atomic E-state index is -0.136. The maximum atomic E-state index is 12.1. The number of ether oxygens (including phenoxy) is 1. The third kappa shape index (κ3) is 4.94.